The van der Waals surface area contributed by atoms with Crippen molar-refractivity contribution >= 4 is 62.7 Å². The SMILES string of the molecule is N#Cc1cccc(NC(=S)Nc2ccc3ncnc(Nc4cccc(Cl)c4)c3c2)c1. The van der Waals surface area contributed by atoms with Crippen LogP contribution in [-0.4, -0.2) is 15.1 Å². The lowest BCUT2D eigenvalue weighted by atomic mass is 10.2. The normalized spacial score (nSPS) is 10.3. The maximum Gasteiger partial charge on any atom is 0.175 e. The van der Waals surface area contributed by atoms with Gasteiger partial charge < -0.3 is 16.0 Å². The van der Waals surface area contributed by atoms with Gasteiger partial charge in [-0.15, -0.1) is 0 Å². The molecule has 0 radical (unpaired) electrons. The highest BCUT2D eigenvalue weighted by Gasteiger charge is 2.07. The molecule has 4 aromatic rings. The van der Waals surface area contributed by atoms with Gasteiger partial charge in [0.15, 0.2) is 5.11 Å². The van der Waals surface area contributed by atoms with Crippen LogP contribution in [0.3, 0.4) is 0 Å². The Morgan fingerprint density at radius 2 is 1.67 bits per heavy atom. The molecule has 1 heterocycles. The molecule has 0 aliphatic rings. The van der Waals surface area contributed by atoms with Gasteiger partial charge in [0.2, 0.25) is 0 Å². The molecule has 0 spiro atoms. The summed E-state index contributed by atoms with van der Waals surface area (Å²) in [6, 6.07) is 22.3. The van der Waals surface area contributed by atoms with E-state index in [0.29, 0.717) is 21.5 Å². The smallest absolute Gasteiger partial charge is 0.175 e. The predicted molar refractivity (Wildman–Crippen MR) is 125 cm³/mol. The molecule has 0 saturated carbocycles. The first-order chi connectivity index (χ1) is 14.6. The van der Waals surface area contributed by atoms with E-state index in [1.54, 1.807) is 18.2 Å². The number of rotatable bonds is 4. The van der Waals surface area contributed by atoms with E-state index in [9.17, 15) is 0 Å². The Morgan fingerprint density at radius 3 is 2.47 bits per heavy atom. The first-order valence-corrected chi connectivity index (χ1v) is 9.75. The predicted octanol–water partition coefficient (Wildman–Crippen LogP) is 5.71. The Kier molecular flexibility index (Phi) is 5.70. The van der Waals surface area contributed by atoms with Crippen molar-refractivity contribution in [3.05, 3.63) is 83.6 Å². The number of nitrogens with zero attached hydrogens (tertiary/aromatic N) is 3. The zero-order valence-electron chi connectivity index (χ0n) is 15.6. The Balaban J connectivity index is 1.56. The minimum Gasteiger partial charge on any atom is -0.340 e. The van der Waals surface area contributed by atoms with Gasteiger partial charge in [-0.3, -0.25) is 0 Å². The van der Waals surface area contributed by atoms with Crippen LogP contribution in [0, 0.1) is 11.3 Å². The minimum atomic E-state index is 0.408. The van der Waals surface area contributed by atoms with Crippen molar-refractivity contribution in [1.29, 1.82) is 5.26 Å². The molecule has 6 nitrogen and oxygen atoms in total. The van der Waals surface area contributed by atoms with E-state index in [-0.39, 0.29) is 0 Å². The van der Waals surface area contributed by atoms with Gasteiger partial charge >= 0.3 is 0 Å². The molecule has 0 amide bonds. The van der Waals surface area contributed by atoms with Gasteiger partial charge in [0.1, 0.15) is 12.1 Å². The number of nitrogens with one attached hydrogen (secondary N) is 3. The molecule has 0 aliphatic heterocycles. The number of hydrogen-bond donors (Lipinski definition) is 3. The maximum absolute atomic E-state index is 9.03. The zero-order chi connectivity index (χ0) is 20.9. The lowest BCUT2D eigenvalue weighted by Gasteiger charge is -2.13. The molecular formula is C22H15ClN6S. The number of benzene rings is 3. The second-order valence-corrected chi connectivity index (χ2v) is 7.21. The third-order valence-electron chi connectivity index (χ3n) is 4.23. The van der Waals surface area contributed by atoms with Crippen molar-refractivity contribution in [1.82, 2.24) is 9.97 Å². The highest BCUT2D eigenvalue weighted by Crippen LogP contribution is 2.27. The lowest BCUT2D eigenvalue weighted by Crippen LogP contribution is -2.19. The van der Waals surface area contributed by atoms with Crippen LogP contribution < -0.4 is 16.0 Å². The fraction of sp³-hybridized carbons (Fsp3) is 0. The van der Waals surface area contributed by atoms with Gasteiger partial charge in [0.25, 0.3) is 0 Å². The molecule has 146 valence electrons. The largest absolute Gasteiger partial charge is 0.340 e. The van der Waals surface area contributed by atoms with E-state index in [4.69, 9.17) is 29.1 Å². The van der Waals surface area contributed by atoms with Crippen LogP contribution in [0.15, 0.2) is 73.1 Å². The van der Waals surface area contributed by atoms with Crippen LogP contribution in [-0.2, 0) is 0 Å². The van der Waals surface area contributed by atoms with Crippen molar-refractivity contribution in [3.63, 3.8) is 0 Å². The van der Waals surface area contributed by atoms with Crippen LogP contribution in [0.2, 0.25) is 5.02 Å². The Bertz CT molecular complexity index is 1280. The highest BCUT2D eigenvalue weighted by atomic mass is 35.5. The number of halogens is 1. The van der Waals surface area contributed by atoms with Crippen molar-refractivity contribution in [2.75, 3.05) is 16.0 Å². The van der Waals surface area contributed by atoms with Crippen molar-refractivity contribution in [2.24, 2.45) is 0 Å². The summed E-state index contributed by atoms with van der Waals surface area (Å²) in [5.74, 6) is 0.659. The van der Waals surface area contributed by atoms with Crippen LogP contribution in [0.25, 0.3) is 10.9 Å². The van der Waals surface area contributed by atoms with Crippen LogP contribution in [0.4, 0.5) is 22.9 Å². The van der Waals surface area contributed by atoms with Crippen molar-refractivity contribution in [2.45, 2.75) is 0 Å². The van der Waals surface area contributed by atoms with Gasteiger partial charge in [-0.1, -0.05) is 23.7 Å². The number of aromatic nitrogens is 2. The van der Waals surface area contributed by atoms with E-state index in [2.05, 4.69) is 32.0 Å². The summed E-state index contributed by atoms with van der Waals surface area (Å²) in [5.41, 5.74) is 3.69. The Hall–Kier alpha value is -3.73. The Morgan fingerprint density at radius 1 is 0.900 bits per heavy atom. The standard InChI is InChI=1S/C22H15ClN6S/c23-15-4-2-6-17(10-15)27-21-19-11-18(7-8-20(19)25-13-26-21)29-22(30)28-16-5-1-3-14(9-16)12-24/h1-11,13H,(H,25,26,27)(H2,28,29,30). The number of anilines is 4. The molecule has 8 heteroatoms. The van der Waals surface area contributed by atoms with Crippen molar-refractivity contribution in [3.8, 4) is 6.07 Å². The van der Waals surface area contributed by atoms with Crippen LogP contribution in [0.1, 0.15) is 5.56 Å². The molecule has 1 aromatic heterocycles. The van der Waals surface area contributed by atoms with E-state index < -0.39 is 0 Å². The molecule has 0 atom stereocenters. The third kappa shape index (κ3) is 4.63. The van der Waals surface area contributed by atoms with Gasteiger partial charge in [-0.2, -0.15) is 5.26 Å². The number of nitriles is 1. The first kappa shape index (κ1) is 19.6. The molecular weight excluding hydrogens is 416 g/mol. The number of thiocarbonyl (C=S) groups is 1. The molecule has 0 saturated heterocycles. The fourth-order valence-electron chi connectivity index (χ4n) is 2.90. The summed E-state index contributed by atoms with van der Waals surface area (Å²) in [4.78, 5) is 8.69. The first-order valence-electron chi connectivity index (χ1n) is 8.96. The van der Waals surface area contributed by atoms with Gasteiger partial charge in [-0.25, -0.2) is 9.97 Å². The lowest BCUT2D eigenvalue weighted by molar-refractivity contribution is 1.22. The molecule has 0 aliphatic carbocycles. The zero-order valence-corrected chi connectivity index (χ0v) is 17.1. The van der Waals surface area contributed by atoms with Crippen LogP contribution in [0.5, 0.6) is 0 Å². The summed E-state index contributed by atoms with van der Waals surface area (Å²) in [6.07, 6.45) is 1.51. The Labute approximate surface area is 183 Å². The second-order valence-electron chi connectivity index (χ2n) is 6.36. The minimum absolute atomic E-state index is 0.408. The van der Waals surface area contributed by atoms with E-state index in [0.717, 1.165) is 28.0 Å². The number of hydrogen-bond acceptors (Lipinski definition) is 5. The summed E-state index contributed by atoms with van der Waals surface area (Å²) < 4.78 is 0. The van der Waals surface area contributed by atoms with Crippen LogP contribution >= 0.6 is 23.8 Å². The van der Waals surface area contributed by atoms with Gasteiger partial charge in [0.05, 0.1) is 17.1 Å². The highest BCUT2D eigenvalue weighted by molar-refractivity contribution is 7.80. The molecule has 0 bridgehead atoms. The summed E-state index contributed by atoms with van der Waals surface area (Å²) >= 11 is 11.5. The fourth-order valence-corrected chi connectivity index (χ4v) is 3.32. The summed E-state index contributed by atoms with van der Waals surface area (Å²) in [7, 11) is 0. The molecule has 0 unspecified atom stereocenters. The second kappa shape index (κ2) is 8.74. The van der Waals surface area contributed by atoms with Crippen molar-refractivity contribution < 1.29 is 0 Å². The van der Waals surface area contributed by atoms with E-state index in [1.807, 2.05) is 48.5 Å². The van der Waals surface area contributed by atoms with Gasteiger partial charge in [0, 0.05) is 27.5 Å². The number of fused-ring (bicyclic) bond motifs is 1. The quantitative estimate of drug-likeness (QED) is 0.357. The molecule has 3 N–H and O–H groups in total. The summed E-state index contributed by atoms with van der Waals surface area (Å²) in [5, 5.41) is 20.4. The molecule has 30 heavy (non-hydrogen) atoms. The molecule has 4 rings (SSSR count). The third-order valence-corrected chi connectivity index (χ3v) is 4.67. The summed E-state index contributed by atoms with van der Waals surface area (Å²) in [6.45, 7) is 0. The van der Waals surface area contributed by atoms with Gasteiger partial charge in [-0.05, 0) is 66.8 Å². The topological polar surface area (TPSA) is 85.7 Å². The maximum atomic E-state index is 9.03. The average molecular weight is 431 g/mol. The van der Waals surface area contributed by atoms with E-state index >= 15 is 0 Å². The molecule has 3 aromatic carbocycles. The monoisotopic (exact) mass is 430 g/mol. The average Bonchev–Trinajstić information content (AvgIpc) is 2.74. The van der Waals surface area contributed by atoms with E-state index in [1.165, 1.54) is 6.33 Å². The molecule has 0 fully saturated rings.